The van der Waals surface area contributed by atoms with Crippen molar-refractivity contribution in [3.63, 3.8) is 0 Å². The summed E-state index contributed by atoms with van der Waals surface area (Å²) >= 11 is 0. The predicted octanol–water partition coefficient (Wildman–Crippen LogP) is 3.15. The van der Waals surface area contributed by atoms with E-state index in [1.807, 2.05) is 18.3 Å². The molecule has 0 atom stereocenters. The maximum absolute atomic E-state index is 5.49. The Labute approximate surface area is 202 Å². The van der Waals surface area contributed by atoms with E-state index in [1.54, 1.807) is 7.11 Å². The van der Waals surface area contributed by atoms with Gasteiger partial charge < -0.3 is 25.0 Å². The molecule has 7 nitrogen and oxygen atoms in total. The second-order valence-corrected chi connectivity index (χ2v) is 7.27. The van der Waals surface area contributed by atoms with Crippen LogP contribution in [-0.2, 0) is 17.7 Å². The average Bonchev–Trinajstić information content (AvgIpc) is 2.78. The SMILES string of the molecule is CCNC(=NCc1cccnc1N1CCOCC1)NCCc1cc(C)ccc1OC.I. The van der Waals surface area contributed by atoms with Crippen LogP contribution in [0.25, 0.3) is 0 Å². The summed E-state index contributed by atoms with van der Waals surface area (Å²) in [6, 6.07) is 10.3. The molecule has 170 valence electrons. The van der Waals surface area contributed by atoms with Crippen LogP contribution in [-0.4, -0.2) is 57.4 Å². The number of aromatic nitrogens is 1. The number of rotatable bonds is 8. The van der Waals surface area contributed by atoms with Crippen LogP contribution in [0.4, 0.5) is 5.82 Å². The van der Waals surface area contributed by atoms with Gasteiger partial charge in [-0.15, -0.1) is 24.0 Å². The third-order valence-electron chi connectivity index (χ3n) is 5.05. The standard InChI is InChI=1S/C23H33N5O2.HI/c1-4-24-23(26-11-9-19-16-18(2)7-8-21(19)29-3)27-17-20-6-5-10-25-22(20)28-12-14-30-15-13-28;/h5-8,10,16H,4,9,11-15,17H2,1-3H3,(H2,24,26,27);1H. The number of hydrogen-bond donors (Lipinski definition) is 2. The minimum absolute atomic E-state index is 0. The molecule has 31 heavy (non-hydrogen) atoms. The Bertz CT molecular complexity index is 840. The number of benzene rings is 1. The molecule has 0 saturated carbocycles. The van der Waals surface area contributed by atoms with Gasteiger partial charge in [0.05, 0.1) is 26.9 Å². The van der Waals surface area contributed by atoms with Crippen LogP contribution in [0, 0.1) is 6.92 Å². The quantitative estimate of drug-likeness (QED) is 0.305. The van der Waals surface area contributed by atoms with Crippen LogP contribution in [0.15, 0.2) is 41.5 Å². The molecule has 1 aromatic heterocycles. The van der Waals surface area contributed by atoms with Crippen molar-refractivity contribution in [1.29, 1.82) is 0 Å². The molecule has 1 aromatic carbocycles. The first-order chi connectivity index (χ1) is 14.7. The molecule has 0 bridgehead atoms. The fourth-order valence-corrected chi connectivity index (χ4v) is 3.54. The van der Waals surface area contributed by atoms with E-state index in [4.69, 9.17) is 14.5 Å². The summed E-state index contributed by atoms with van der Waals surface area (Å²) in [4.78, 5) is 11.7. The van der Waals surface area contributed by atoms with Gasteiger partial charge in [0.1, 0.15) is 11.6 Å². The molecule has 1 aliphatic rings. The maximum atomic E-state index is 5.49. The van der Waals surface area contributed by atoms with E-state index in [0.29, 0.717) is 6.54 Å². The zero-order valence-electron chi connectivity index (χ0n) is 18.7. The average molecular weight is 539 g/mol. The van der Waals surface area contributed by atoms with Crippen LogP contribution in [0.1, 0.15) is 23.6 Å². The van der Waals surface area contributed by atoms with Crippen molar-refractivity contribution in [2.24, 2.45) is 4.99 Å². The van der Waals surface area contributed by atoms with Crippen molar-refractivity contribution in [1.82, 2.24) is 15.6 Å². The number of nitrogens with zero attached hydrogens (tertiary/aromatic N) is 3. The number of aryl methyl sites for hydroxylation is 1. The minimum Gasteiger partial charge on any atom is -0.496 e. The fourth-order valence-electron chi connectivity index (χ4n) is 3.54. The number of morpholine rings is 1. The Morgan fingerprint density at radius 2 is 2.00 bits per heavy atom. The summed E-state index contributed by atoms with van der Waals surface area (Å²) in [6.45, 7) is 9.54. The Morgan fingerprint density at radius 1 is 1.19 bits per heavy atom. The largest absolute Gasteiger partial charge is 0.496 e. The van der Waals surface area contributed by atoms with Crippen molar-refractivity contribution in [3.05, 3.63) is 53.2 Å². The van der Waals surface area contributed by atoms with Crippen molar-refractivity contribution in [2.75, 3.05) is 51.4 Å². The van der Waals surface area contributed by atoms with Gasteiger partial charge in [0.15, 0.2) is 5.96 Å². The first-order valence-electron chi connectivity index (χ1n) is 10.6. The summed E-state index contributed by atoms with van der Waals surface area (Å²) in [5.41, 5.74) is 3.55. The van der Waals surface area contributed by atoms with E-state index in [1.165, 1.54) is 11.1 Å². The lowest BCUT2D eigenvalue weighted by atomic mass is 10.1. The maximum Gasteiger partial charge on any atom is 0.191 e. The van der Waals surface area contributed by atoms with Gasteiger partial charge in [0.25, 0.3) is 0 Å². The summed E-state index contributed by atoms with van der Waals surface area (Å²) in [5, 5.41) is 6.77. The lowest BCUT2D eigenvalue weighted by Crippen LogP contribution is -2.38. The Morgan fingerprint density at radius 3 is 2.74 bits per heavy atom. The van der Waals surface area contributed by atoms with E-state index >= 15 is 0 Å². The molecule has 8 heteroatoms. The van der Waals surface area contributed by atoms with Crippen molar-refractivity contribution >= 4 is 35.8 Å². The zero-order chi connectivity index (χ0) is 21.2. The van der Waals surface area contributed by atoms with Crippen LogP contribution >= 0.6 is 24.0 Å². The van der Waals surface area contributed by atoms with Crippen molar-refractivity contribution in [3.8, 4) is 5.75 Å². The molecule has 0 spiro atoms. The summed E-state index contributed by atoms with van der Waals surface area (Å²) < 4.78 is 11.0. The highest BCUT2D eigenvalue weighted by Gasteiger charge is 2.15. The lowest BCUT2D eigenvalue weighted by Gasteiger charge is -2.29. The Balaban J connectivity index is 0.00000341. The number of pyridine rings is 1. The lowest BCUT2D eigenvalue weighted by molar-refractivity contribution is 0.122. The third kappa shape index (κ3) is 7.53. The normalized spacial score (nSPS) is 14.0. The smallest absolute Gasteiger partial charge is 0.191 e. The number of ether oxygens (including phenoxy) is 2. The van der Waals surface area contributed by atoms with Crippen molar-refractivity contribution in [2.45, 2.75) is 26.8 Å². The number of guanidine groups is 1. The van der Waals surface area contributed by atoms with Gasteiger partial charge in [-0.1, -0.05) is 23.8 Å². The third-order valence-corrected chi connectivity index (χ3v) is 5.05. The molecule has 0 aliphatic carbocycles. The fraction of sp³-hybridized carbons (Fsp3) is 0.478. The molecule has 1 aliphatic heterocycles. The van der Waals surface area contributed by atoms with E-state index in [9.17, 15) is 0 Å². The number of hydrogen-bond acceptors (Lipinski definition) is 5. The zero-order valence-corrected chi connectivity index (χ0v) is 21.0. The molecule has 0 unspecified atom stereocenters. The number of halogens is 1. The molecule has 0 amide bonds. The summed E-state index contributed by atoms with van der Waals surface area (Å²) in [5.74, 6) is 2.74. The topological polar surface area (TPSA) is 71.0 Å². The van der Waals surface area contributed by atoms with Gasteiger partial charge in [0.2, 0.25) is 0 Å². The van der Waals surface area contributed by atoms with E-state index in [0.717, 1.165) is 68.9 Å². The van der Waals surface area contributed by atoms with Gasteiger partial charge in [-0.25, -0.2) is 9.98 Å². The predicted molar refractivity (Wildman–Crippen MR) is 137 cm³/mol. The Kier molecular flexibility index (Phi) is 10.9. The van der Waals surface area contributed by atoms with E-state index < -0.39 is 0 Å². The highest BCUT2D eigenvalue weighted by molar-refractivity contribution is 14.0. The van der Waals surface area contributed by atoms with Gasteiger partial charge in [-0.2, -0.15) is 0 Å². The molecule has 1 saturated heterocycles. The number of aliphatic imine (C=N–C) groups is 1. The van der Waals surface area contributed by atoms with Gasteiger partial charge in [0, 0.05) is 37.9 Å². The number of nitrogens with one attached hydrogen (secondary N) is 2. The molecule has 0 radical (unpaired) electrons. The molecular formula is C23H34IN5O2. The first kappa shape index (κ1) is 25.2. The molecule has 1 fully saturated rings. The van der Waals surface area contributed by atoms with Crippen LogP contribution in [0.3, 0.4) is 0 Å². The molecular weight excluding hydrogens is 505 g/mol. The summed E-state index contributed by atoms with van der Waals surface area (Å²) in [6.07, 6.45) is 2.71. The number of methoxy groups -OCH3 is 1. The minimum atomic E-state index is 0. The van der Waals surface area contributed by atoms with Crippen LogP contribution < -0.4 is 20.3 Å². The van der Waals surface area contributed by atoms with E-state index in [-0.39, 0.29) is 24.0 Å². The highest BCUT2D eigenvalue weighted by atomic mass is 127. The van der Waals surface area contributed by atoms with Gasteiger partial charge in [-0.3, -0.25) is 0 Å². The number of anilines is 1. The second-order valence-electron chi connectivity index (χ2n) is 7.27. The molecule has 2 heterocycles. The Hall–Kier alpha value is -2.07. The second kappa shape index (κ2) is 13.4. The van der Waals surface area contributed by atoms with Crippen LogP contribution in [0.5, 0.6) is 5.75 Å². The first-order valence-corrected chi connectivity index (χ1v) is 10.6. The molecule has 3 rings (SSSR count). The summed E-state index contributed by atoms with van der Waals surface area (Å²) in [7, 11) is 1.72. The molecule has 2 aromatic rings. The van der Waals surface area contributed by atoms with E-state index in [2.05, 4.69) is 52.6 Å². The van der Waals surface area contributed by atoms with Gasteiger partial charge >= 0.3 is 0 Å². The van der Waals surface area contributed by atoms with Crippen LogP contribution in [0.2, 0.25) is 0 Å². The monoisotopic (exact) mass is 539 g/mol. The molecule has 2 N–H and O–H groups in total. The van der Waals surface area contributed by atoms with Crippen molar-refractivity contribution < 1.29 is 9.47 Å². The van der Waals surface area contributed by atoms with Gasteiger partial charge in [-0.05, 0) is 38.0 Å². The highest BCUT2D eigenvalue weighted by Crippen LogP contribution is 2.20.